The minimum absolute atomic E-state index is 0. The summed E-state index contributed by atoms with van der Waals surface area (Å²) < 4.78 is 187. The van der Waals surface area contributed by atoms with Crippen molar-refractivity contribution in [2.24, 2.45) is 0 Å². The van der Waals surface area contributed by atoms with Crippen molar-refractivity contribution in [1.29, 1.82) is 0 Å². The zero-order valence-electron chi connectivity index (χ0n) is 11.0. The summed E-state index contributed by atoms with van der Waals surface area (Å²) >= 11 is 0. The van der Waals surface area contributed by atoms with E-state index in [4.69, 9.17) is 5.11 Å². The first-order chi connectivity index (χ1) is 10.4. The number of rotatable bonds is 6. The summed E-state index contributed by atoms with van der Waals surface area (Å²) in [6, 6.07) is 0. The van der Waals surface area contributed by atoms with Crippen molar-refractivity contribution in [3.63, 3.8) is 0 Å². The predicted molar refractivity (Wildman–Crippen MR) is 53.8 cm³/mol. The highest BCUT2D eigenvalue weighted by atomic mass is 32.1. The van der Waals surface area contributed by atoms with Gasteiger partial charge in [0, 0.05) is 0 Å². The molecular formula is C8H3F15O2S. The molecule has 0 rings (SSSR count). The van der Waals surface area contributed by atoms with Crippen LogP contribution in [0.25, 0.3) is 0 Å². The summed E-state index contributed by atoms with van der Waals surface area (Å²) in [4.78, 5) is 9.72. The molecule has 0 amide bonds. The number of carboxylic acids is 1. The lowest BCUT2D eigenvalue weighted by Crippen LogP contribution is -2.73. The third-order valence-corrected chi connectivity index (χ3v) is 2.60. The molecule has 1 N–H and O–H groups in total. The van der Waals surface area contributed by atoms with Gasteiger partial charge < -0.3 is 5.11 Å². The Balaban J connectivity index is 0. The molecule has 2 nitrogen and oxygen atoms in total. The predicted octanol–water partition coefficient (Wildman–Crippen LogP) is 4.56. The van der Waals surface area contributed by atoms with Crippen LogP contribution in [0.4, 0.5) is 65.9 Å². The first kappa shape index (κ1) is 27.0. The third kappa shape index (κ3) is 3.12. The number of halogens is 15. The van der Waals surface area contributed by atoms with Crippen molar-refractivity contribution in [3.8, 4) is 0 Å². The molecule has 0 atom stereocenters. The highest BCUT2D eigenvalue weighted by Gasteiger charge is 2.94. The standard InChI is InChI=1S/C8HF15O2.H2S/c9-2(10,1(24)25)3(11,12)4(13,14)5(15,16)6(17,18)7(19,20)8(21,22)23;/h(H,24,25);1H2. The molecule has 158 valence electrons. The van der Waals surface area contributed by atoms with Crippen LogP contribution in [0.5, 0.6) is 0 Å². The van der Waals surface area contributed by atoms with Gasteiger partial charge in [0.2, 0.25) is 0 Å². The van der Waals surface area contributed by atoms with Gasteiger partial charge in [0.05, 0.1) is 0 Å². The molecule has 0 saturated heterocycles. The summed E-state index contributed by atoms with van der Waals surface area (Å²) in [7, 11) is 0. The van der Waals surface area contributed by atoms with Crippen LogP contribution >= 0.6 is 13.5 Å². The van der Waals surface area contributed by atoms with Crippen molar-refractivity contribution in [2.45, 2.75) is 41.7 Å². The summed E-state index contributed by atoms with van der Waals surface area (Å²) in [6.07, 6.45) is -7.69. The molecule has 0 aliphatic carbocycles. The van der Waals surface area contributed by atoms with Crippen LogP contribution in [0, 0.1) is 0 Å². The van der Waals surface area contributed by atoms with Gasteiger partial charge in [-0.05, 0) is 0 Å². The fraction of sp³-hybridized carbons (Fsp3) is 0.875. The molecule has 0 fully saturated rings. The lowest BCUT2D eigenvalue weighted by Gasteiger charge is -2.40. The molecule has 0 spiro atoms. The van der Waals surface area contributed by atoms with Gasteiger partial charge in [-0.3, -0.25) is 0 Å². The Kier molecular flexibility index (Phi) is 6.68. The maximum Gasteiger partial charge on any atom is 0.460 e. The Morgan fingerprint density at radius 1 is 0.500 bits per heavy atom. The number of hydrogen-bond donors (Lipinski definition) is 1. The van der Waals surface area contributed by atoms with E-state index in [1.165, 1.54) is 0 Å². The maximum atomic E-state index is 12.8. The molecule has 0 bridgehead atoms. The van der Waals surface area contributed by atoms with Gasteiger partial charge >= 0.3 is 47.7 Å². The molecule has 0 heterocycles. The Hall–Kier alpha value is -1.23. The zero-order valence-corrected chi connectivity index (χ0v) is 12.0. The average Bonchev–Trinajstić information content (AvgIpc) is 2.35. The number of alkyl halides is 15. The van der Waals surface area contributed by atoms with Gasteiger partial charge in [-0.25, -0.2) is 4.79 Å². The largest absolute Gasteiger partial charge is 0.477 e. The van der Waals surface area contributed by atoms with E-state index in [1.807, 2.05) is 0 Å². The van der Waals surface area contributed by atoms with Gasteiger partial charge in [-0.15, -0.1) is 0 Å². The van der Waals surface area contributed by atoms with Crippen molar-refractivity contribution < 1.29 is 75.8 Å². The van der Waals surface area contributed by atoms with Gasteiger partial charge in [0.1, 0.15) is 0 Å². The van der Waals surface area contributed by atoms with Gasteiger partial charge in [-0.2, -0.15) is 79.4 Å². The molecule has 0 aromatic heterocycles. The summed E-state index contributed by atoms with van der Waals surface area (Å²) in [5.41, 5.74) is 0. The van der Waals surface area contributed by atoms with E-state index in [0.29, 0.717) is 0 Å². The van der Waals surface area contributed by atoms with Crippen LogP contribution in [0.3, 0.4) is 0 Å². The highest BCUT2D eigenvalue weighted by Crippen LogP contribution is 2.62. The van der Waals surface area contributed by atoms with E-state index in [9.17, 15) is 70.7 Å². The fourth-order valence-corrected chi connectivity index (χ4v) is 1.10. The summed E-state index contributed by atoms with van der Waals surface area (Å²) in [6.45, 7) is 0. The molecule has 26 heavy (non-hydrogen) atoms. The summed E-state index contributed by atoms with van der Waals surface area (Å²) in [5.74, 6) is -52.8. The number of hydrogen-bond acceptors (Lipinski definition) is 1. The Labute approximate surface area is 138 Å². The zero-order chi connectivity index (χ0) is 21.1. The van der Waals surface area contributed by atoms with E-state index in [2.05, 4.69) is 0 Å². The molecule has 18 heteroatoms. The van der Waals surface area contributed by atoms with Crippen LogP contribution in [0.15, 0.2) is 0 Å². The van der Waals surface area contributed by atoms with Crippen LogP contribution in [-0.2, 0) is 4.79 Å². The van der Waals surface area contributed by atoms with E-state index in [-0.39, 0.29) is 13.5 Å². The third-order valence-electron chi connectivity index (χ3n) is 2.60. The molecule has 0 radical (unpaired) electrons. The van der Waals surface area contributed by atoms with E-state index in [1.54, 1.807) is 0 Å². The van der Waals surface area contributed by atoms with Crippen molar-refractivity contribution in [3.05, 3.63) is 0 Å². The van der Waals surface area contributed by atoms with Crippen LogP contribution in [0.1, 0.15) is 0 Å². The van der Waals surface area contributed by atoms with Gasteiger partial charge in [0.25, 0.3) is 0 Å². The van der Waals surface area contributed by atoms with Gasteiger partial charge in [0.15, 0.2) is 0 Å². The number of carboxylic acid groups (broad SMARTS) is 1. The maximum absolute atomic E-state index is 12.8. The minimum atomic E-state index is -8.47. The normalized spacial score (nSPS) is 15.5. The van der Waals surface area contributed by atoms with Crippen LogP contribution in [0.2, 0.25) is 0 Å². The molecule has 0 saturated carbocycles. The monoisotopic (exact) mass is 448 g/mol. The topological polar surface area (TPSA) is 37.3 Å². The number of aliphatic carboxylic acids is 1. The molecular weight excluding hydrogens is 445 g/mol. The van der Waals surface area contributed by atoms with E-state index < -0.39 is 47.7 Å². The molecule has 0 aromatic rings. The summed E-state index contributed by atoms with van der Waals surface area (Å²) in [5, 5.41) is 7.57. The van der Waals surface area contributed by atoms with E-state index in [0.717, 1.165) is 0 Å². The Morgan fingerprint density at radius 3 is 0.962 bits per heavy atom. The first-order valence-electron chi connectivity index (χ1n) is 5.01. The average molecular weight is 448 g/mol. The number of carbonyl (C=O) groups is 1. The molecule has 0 aromatic carbocycles. The molecule has 0 aliphatic heterocycles. The minimum Gasteiger partial charge on any atom is -0.477 e. The Bertz CT molecular complexity index is 536. The highest BCUT2D eigenvalue weighted by molar-refractivity contribution is 7.59. The fourth-order valence-electron chi connectivity index (χ4n) is 1.10. The van der Waals surface area contributed by atoms with Crippen molar-refractivity contribution >= 4 is 19.5 Å². The second-order valence-corrected chi connectivity index (χ2v) is 4.25. The first-order valence-corrected chi connectivity index (χ1v) is 5.01. The SMILES string of the molecule is O=C(O)C(F)(F)C(F)(F)C(F)(F)C(F)(F)C(F)(F)C(F)(F)C(F)(F)F.S. The smallest absolute Gasteiger partial charge is 0.460 e. The molecule has 0 unspecified atom stereocenters. The molecule has 0 aliphatic rings. The second-order valence-electron chi connectivity index (χ2n) is 4.25. The van der Waals surface area contributed by atoms with E-state index >= 15 is 0 Å². The quantitative estimate of drug-likeness (QED) is 0.606. The lowest BCUT2D eigenvalue weighted by atomic mass is 9.91. The van der Waals surface area contributed by atoms with Crippen LogP contribution in [-0.4, -0.2) is 52.8 Å². The van der Waals surface area contributed by atoms with Crippen LogP contribution < -0.4 is 0 Å². The van der Waals surface area contributed by atoms with Crippen molar-refractivity contribution in [2.75, 3.05) is 0 Å². The van der Waals surface area contributed by atoms with Crippen molar-refractivity contribution in [1.82, 2.24) is 0 Å². The lowest BCUT2D eigenvalue weighted by molar-refractivity contribution is -0.450. The second kappa shape index (κ2) is 6.43. The Morgan fingerprint density at radius 2 is 0.731 bits per heavy atom. The van der Waals surface area contributed by atoms with Gasteiger partial charge in [-0.1, -0.05) is 0 Å².